The number of amides is 1. The molecule has 0 aliphatic carbocycles. The second-order valence-corrected chi connectivity index (χ2v) is 5.39. The van der Waals surface area contributed by atoms with Gasteiger partial charge in [0.25, 0.3) is 5.91 Å². The van der Waals surface area contributed by atoms with E-state index in [-0.39, 0.29) is 11.9 Å². The summed E-state index contributed by atoms with van der Waals surface area (Å²) in [6.45, 7) is 6.70. The SMILES string of the molecule is CCCN(C(=O)c1sccc1C=CC(=O)O)C(C)C. The van der Waals surface area contributed by atoms with Gasteiger partial charge in [0.15, 0.2) is 0 Å². The topological polar surface area (TPSA) is 57.6 Å². The Bertz CT molecular complexity index is 477. The molecular formula is C14H19NO3S. The number of carbonyl (C=O) groups is 2. The molecule has 0 radical (unpaired) electrons. The van der Waals surface area contributed by atoms with Crippen LogP contribution in [0.3, 0.4) is 0 Å². The second kappa shape index (κ2) is 7.09. The van der Waals surface area contributed by atoms with E-state index in [2.05, 4.69) is 0 Å². The van der Waals surface area contributed by atoms with Crippen molar-refractivity contribution in [2.75, 3.05) is 6.54 Å². The molecule has 5 heteroatoms. The lowest BCUT2D eigenvalue weighted by Gasteiger charge is -2.26. The van der Waals surface area contributed by atoms with Gasteiger partial charge in [0.05, 0.1) is 4.88 Å². The Balaban J connectivity index is 2.99. The van der Waals surface area contributed by atoms with Crippen molar-refractivity contribution in [3.8, 4) is 0 Å². The van der Waals surface area contributed by atoms with E-state index in [1.54, 1.807) is 11.4 Å². The normalized spacial score (nSPS) is 11.2. The van der Waals surface area contributed by atoms with E-state index in [1.165, 1.54) is 17.4 Å². The maximum absolute atomic E-state index is 12.5. The average molecular weight is 281 g/mol. The maximum Gasteiger partial charge on any atom is 0.328 e. The third kappa shape index (κ3) is 4.21. The van der Waals surface area contributed by atoms with Crippen molar-refractivity contribution in [2.24, 2.45) is 0 Å². The van der Waals surface area contributed by atoms with Gasteiger partial charge in [-0.3, -0.25) is 4.79 Å². The Kier molecular flexibility index (Phi) is 5.76. The first-order chi connectivity index (χ1) is 8.97. The van der Waals surface area contributed by atoms with Crippen LogP contribution in [0.2, 0.25) is 0 Å². The largest absolute Gasteiger partial charge is 0.478 e. The second-order valence-electron chi connectivity index (χ2n) is 4.47. The summed E-state index contributed by atoms with van der Waals surface area (Å²) in [5.74, 6) is -1.05. The summed E-state index contributed by atoms with van der Waals surface area (Å²) >= 11 is 1.35. The summed E-state index contributed by atoms with van der Waals surface area (Å²) in [6.07, 6.45) is 3.42. The molecule has 0 bridgehead atoms. The fourth-order valence-electron chi connectivity index (χ4n) is 1.75. The number of carboxylic acid groups (broad SMARTS) is 1. The number of aliphatic carboxylic acids is 1. The number of hydrogen-bond donors (Lipinski definition) is 1. The van der Waals surface area contributed by atoms with Gasteiger partial charge in [-0.2, -0.15) is 0 Å². The van der Waals surface area contributed by atoms with E-state index >= 15 is 0 Å². The van der Waals surface area contributed by atoms with Crippen LogP contribution in [-0.4, -0.2) is 34.5 Å². The van der Waals surface area contributed by atoms with E-state index in [0.29, 0.717) is 17.0 Å². The molecule has 0 saturated carbocycles. The summed E-state index contributed by atoms with van der Waals surface area (Å²) in [6, 6.07) is 1.90. The Morgan fingerprint density at radius 3 is 2.68 bits per heavy atom. The van der Waals surface area contributed by atoms with Crippen LogP contribution >= 0.6 is 11.3 Å². The highest BCUT2D eigenvalue weighted by atomic mass is 32.1. The van der Waals surface area contributed by atoms with Crippen LogP contribution in [0, 0.1) is 0 Å². The molecule has 1 N–H and O–H groups in total. The van der Waals surface area contributed by atoms with Crippen molar-refractivity contribution >= 4 is 29.3 Å². The molecule has 0 fully saturated rings. The average Bonchev–Trinajstić information content (AvgIpc) is 2.80. The van der Waals surface area contributed by atoms with Crippen molar-refractivity contribution in [3.05, 3.63) is 28.0 Å². The van der Waals surface area contributed by atoms with Gasteiger partial charge < -0.3 is 10.0 Å². The fourth-order valence-corrected chi connectivity index (χ4v) is 2.59. The minimum atomic E-state index is -1.01. The van der Waals surface area contributed by atoms with Crippen molar-refractivity contribution < 1.29 is 14.7 Å². The lowest BCUT2D eigenvalue weighted by molar-refractivity contribution is -0.131. The van der Waals surface area contributed by atoms with Gasteiger partial charge in [0.2, 0.25) is 0 Å². The van der Waals surface area contributed by atoms with Crippen molar-refractivity contribution in [3.63, 3.8) is 0 Å². The summed E-state index contributed by atoms with van der Waals surface area (Å²) < 4.78 is 0. The van der Waals surface area contributed by atoms with Gasteiger partial charge >= 0.3 is 5.97 Å². The van der Waals surface area contributed by atoms with E-state index in [0.717, 1.165) is 12.5 Å². The summed E-state index contributed by atoms with van der Waals surface area (Å²) in [5.41, 5.74) is 0.666. The molecule has 1 aromatic rings. The van der Waals surface area contributed by atoms with Crippen LogP contribution in [-0.2, 0) is 4.79 Å². The third-order valence-corrected chi connectivity index (χ3v) is 3.56. The Morgan fingerprint density at radius 1 is 1.47 bits per heavy atom. The van der Waals surface area contributed by atoms with Gasteiger partial charge in [-0.15, -0.1) is 11.3 Å². The van der Waals surface area contributed by atoms with Crippen LogP contribution in [0.1, 0.15) is 42.4 Å². The number of rotatable bonds is 6. The predicted molar refractivity (Wildman–Crippen MR) is 77.5 cm³/mol. The minimum Gasteiger partial charge on any atom is -0.478 e. The predicted octanol–water partition coefficient (Wildman–Crippen LogP) is 3.11. The lowest BCUT2D eigenvalue weighted by atomic mass is 10.2. The molecule has 0 aromatic carbocycles. The monoisotopic (exact) mass is 281 g/mol. The summed E-state index contributed by atoms with van der Waals surface area (Å²) in [4.78, 5) is 25.4. The minimum absolute atomic E-state index is 0.0307. The molecule has 19 heavy (non-hydrogen) atoms. The lowest BCUT2D eigenvalue weighted by Crippen LogP contribution is -2.37. The highest BCUT2D eigenvalue weighted by Gasteiger charge is 2.21. The van der Waals surface area contributed by atoms with Crippen LogP contribution in [0.5, 0.6) is 0 Å². The summed E-state index contributed by atoms with van der Waals surface area (Å²) in [7, 11) is 0. The molecule has 0 spiro atoms. The third-order valence-electron chi connectivity index (χ3n) is 2.64. The van der Waals surface area contributed by atoms with Gasteiger partial charge in [0, 0.05) is 18.7 Å². The molecule has 0 unspecified atom stereocenters. The van der Waals surface area contributed by atoms with Crippen molar-refractivity contribution in [1.82, 2.24) is 4.90 Å². The zero-order valence-corrected chi connectivity index (χ0v) is 12.2. The smallest absolute Gasteiger partial charge is 0.328 e. The first kappa shape index (κ1) is 15.4. The molecule has 4 nitrogen and oxygen atoms in total. The zero-order valence-electron chi connectivity index (χ0n) is 11.4. The molecular weight excluding hydrogens is 262 g/mol. The molecule has 1 amide bonds. The number of carboxylic acids is 1. The number of carbonyl (C=O) groups excluding carboxylic acids is 1. The molecule has 1 heterocycles. The summed E-state index contributed by atoms with van der Waals surface area (Å²) in [5, 5.41) is 10.4. The molecule has 0 aliphatic heterocycles. The van der Waals surface area contributed by atoms with Gasteiger partial charge in [-0.25, -0.2) is 4.79 Å². The molecule has 0 saturated heterocycles. The Hall–Kier alpha value is -1.62. The standard InChI is InChI=1S/C14H19NO3S/c1-4-8-15(10(2)3)14(18)13-11(7-9-19-13)5-6-12(16)17/h5-7,9-10H,4,8H2,1-3H3,(H,16,17). The quantitative estimate of drug-likeness (QED) is 0.815. The maximum atomic E-state index is 12.5. The molecule has 0 aliphatic rings. The first-order valence-corrected chi connectivity index (χ1v) is 7.14. The number of nitrogens with zero attached hydrogens (tertiary/aromatic N) is 1. The van der Waals surface area contributed by atoms with Crippen LogP contribution in [0.4, 0.5) is 0 Å². The molecule has 1 aromatic heterocycles. The van der Waals surface area contributed by atoms with E-state index < -0.39 is 5.97 Å². The zero-order chi connectivity index (χ0) is 14.4. The van der Waals surface area contributed by atoms with Crippen molar-refractivity contribution in [2.45, 2.75) is 33.2 Å². The first-order valence-electron chi connectivity index (χ1n) is 6.26. The van der Waals surface area contributed by atoms with Gasteiger partial charge in [-0.1, -0.05) is 6.92 Å². The number of hydrogen-bond acceptors (Lipinski definition) is 3. The molecule has 104 valence electrons. The fraction of sp³-hybridized carbons (Fsp3) is 0.429. The number of thiophene rings is 1. The van der Waals surface area contributed by atoms with Gasteiger partial charge in [0.1, 0.15) is 0 Å². The van der Waals surface area contributed by atoms with Crippen LogP contribution in [0.15, 0.2) is 17.5 Å². The van der Waals surface area contributed by atoms with E-state index in [1.807, 2.05) is 25.7 Å². The van der Waals surface area contributed by atoms with Gasteiger partial charge in [-0.05, 0) is 43.4 Å². The Labute approximate surface area is 117 Å². The van der Waals surface area contributed by atoms with Crippen molar-refractivity contribution in [1.29, 1.82) is 0 Å². The molecule has 0 atom stereocenters. The van der Waals surface area contributed by atoms with E-state index in [9.17, 15) is 9.59 Å². The Morgan fingerprint density at radius 2 is 2.16 bits per heavy atom. The van der Waals surface area contributed by atoms with E-state index in [4.69, 9.17) is 5.11 Å². The molecule has 1 rings (SSSR count). The highest BCUT2D eigenvalue weighted by molar-refractivity contribution is 7.12. The van der Waals surface area contributed by atoms with Crippen LogP contribution in [0.25, 0.3) is 6.08 Å². The highest BCUT2D eigenvalue weighted by Crippen LogP contribution is 2.21. The van der Waals surface area contributed by atoms with Crippen LogP contribution < -0.4 is 0 Å².